The van der Waals surface area contributed by atoms with Crippen LogP contribution < -0.4 is 5.73 Å². The predicted octanol–water partition coefficient (Wildman–Crippen LogP) is 3.65. The number of hydrogen-bond donors (Lipinski definition) is 1. The summed E-state index contributed by atoms with van der Waals surface area (Å²) in [6.07, 6.45) is 0. The van der Waals surface area contributed by atoms with Crippen LogP contribution >= 0.6 is 23.7 Å². The molecule has 5 heteroatoms. The number of carbonyl (C=O) groups excluding carboxylic acids is 1. The average molecular weight is 365 g/mol. The zero-order valence-corrected chi connectivity index (χ0v) is 15.8. The van der Waals surface area contributed by atoms with Gasteiger partial charge in [0, 0.05) is 23.9 Å². The molecule has 2 heterocycles. The van der Waals surface area contributed by atoms with Gasteiger partial charge in [0.05, 0.1) is 5.41 Å². The van der Waals surface area contributed by atoms with Gasteiger partial charge in [-0.2, -0.15) is 0 Å². The smallest absolute Gasteiger partial charge is 0.233 e. The van der Waals surface area contributed by atoms with Crippen LogP contribution in [0, 0.1) is 5.92 Å². The Labute approximate surface area is 154 Å². The molecule has 3 nitrogen and oxygen atoms in total. The molecule has 0 aliphatic carbocycles. The molecule has 0 spiro atoms. The van der Waals surface area contributed by atoms with Crippen molar-refractivity contribution in [2.24, 2.45) is 11.7 Å². The fourth-order valence-electron chi connectivity index (χ4n) is 3.49. The van der Waals surface area contributed by atoms with Gasteiger partial charge in [-0.25, -0.2) is 0 Å². The standard InChI is InChI=1S/C19H24N2OS.ClH/c1-19(2,17-9-6-10-23-17)18(22)21-12-15(11-20)16(13-21)14-7-4-3-5-8-14;/h3-10,15-16H,11-13,20H2,1-2H3;1H/t15-,16+;/m1./s1. The normalized spacial score (nSPS) is 20.7. The zero-order valence-electron chi connectivity index (χ0n) is 14.1. The number of halogens is 1. The molecule has 1 aromatic carbocycles. The molecular formula is C19H25ClN2OS. The number of likely N-dealkylation sites (tertiary alicyclic amines) is 1. The van der Waals surface area contributed by atoms with Crippen molar-refractivity contribution in [3.63, 3.8) is 0 Å². The molecule has 1 amide bonds. The van der Waals surface area contributed by atoms with E-state index >= 15 is 0 Å². The minimum atomic E-state index is -0.473. The Morgan fingerprint density at radius 3 is 2.50 bits per heavy atom. The Morgan fingerprint density at radius 1 is 1.21 bits per heavy atom. The second-order valence-electron chi connectivity index (χ2n) is 6.83. The first-order valence-corrected chi connectivity index (χ1v) is 9.00. The van der Waals surface area contributed by atoms with Gasteiger partial charge in [0.1, 0.15) is 0 Å². The van der Waals surface area contributed by atoms with Gasteiger partial charge in [0.2, 0.25) is 5.91 Å². The maximum Gasteiger partial charge on any atom is 0.233 e. The number of amides is 1. The van der Waals surface area contributed by atoms with E-state index in [-0.39, 0.29) is 18.3 Å². The molecule has 2 aromatic rings. The highest BCUT2D eigenvalue weighted by Gasteiger charge is 2.41. The van der Waals surface area contributed by atoms with Crippen LogP contribution in [0.3, 0.4) is 0 Å². The van der Waals surface area contributed by atoms with Gasteiger partial charge < -0.3 is 10.6 Å². The van der Waals surface area contributed by atoms with Crippen molar-refractivity contribution < 1.29 is 4.79 Å². The van der Waals surface area contributed by atoms with E-state index in [9.17, 15) is 4.79 Å². The van der Waals surface area contributed by atoms with Gasteiger partial charge in [-0.1, -0.05) is 36.4 Å². The summed E-state index contributed by atoms with van der Waals surface area (Å²) in [6.45, 7) is 6.18. The Kier molecular flexibility index (Phi) is 6.07. The van der Waals surface area contributed by atoms with E-state index in [2.05, 4.69) is 24.3 Å². The van der Waals surface area contributed by atoms with Crippen LogP contribution in [0.25, 0.3) is 0 Å². The van der Waals surface area contributed by atoms with Crippen molar-refractivity contribution in [2.75, 3.05) is 19.6 Å². The van der Waals surface area contributed by atoms with Gasteiger partial charge >= 0.3 is 0 Å². The average Bonchev–Trinajstić information content (AvgIpc) is 3.24. The monoisotopic (exact) mass is 364 g/mol. The van der Waals surface area contributed by atoms with E-state index < -0.39 is 5.41 Å². The Morgan fingerprint density at radius 2 is 1.92 bits per heavy atom. The van der Waals surface area contributed by atoms with Crippen LogP contribution in [-0.4, -0.2) is 30.4 Å². The molecule has 1 fully saturated rings. The number of rotatable bonds is 4. The predicted molar refractivity (Wildman–Crippen MR) is 103 cm³/mol. The molecule has 130 valence electrons. The maximum atomic E-state index is 13.1. The Bertz CT molecular complexity index is 657. The summed E-state index contributed by atoms with van der Waals surface area (Å²) in [5, 5.41) is 2.03. The van der Waals surface area contributed by atoms with Crippen LogP contribution in [0.1, 0.15) is 30.2 Å². The summed E-state index contributed by atoms with van der Waals surface area (Å²) >= 11 is 1.65. The highest BCUT2D eigenvalue weighted by molar-refractivity contribution is 7.10. The van der Waals surface area contributed by atoms with E-state index in [0.29, 0.717) is 18.4 Å². The second-order valence-corrected chi connectivity index (χ2v) is 7.77. The van der Waals surface area contributed by atoms with Gasteiger partial charge in [-0.15, -0.1) is 23.7 Å². The maximum absolute atomic E-state index is 13.1. The molecule has 1 saturated heterocycles. The lowest BCUT2D eigenvalue weighted by atomic mass is 9.89. The molecule has 24 heavy (non-hydrogen) atoms. The van der Waals surface area contributed by atoms with Gasteiger partial charge in [0.25, 0.3) is 0 Å². The third-order valence-corrected chi connectivity index (χ3v) is 6.12. The Hall–Kier alpha value is -1.36. The SMILES string of the molecule is CC(C)(C(=O)N1C[C@@H](CN)[C@H](c2ccccc2)C1)c1cccs1.Cl. The first-order chi connectivity index (χ1) is 11.0. The fourth-order valence-corrected chi connectivity index (χ4v) is 4.33. The van der Waals surface area contributed by atoms with Crippen LogP contribution in [-0.2, 0) is 10.2 Å². The van der Waals surface area contributed by atoms with Gasteiger partial charge in [-0.3, -0.25) is 4.79 Å². The molecule has 2 N–H and O–H groups in total. The second kappa shape index (κ2) is 7.68. The number of benzene rings is 1. The highest BCUT2D eigenvalue weighted by Crippen LogP contribution is 2.36. The largest absolute Gasteiger partial charge is 0.341 e. The summed E-state index contributed by atoms with van der Waals surface area (Å²) in [5.74, 6) is 0.876. The van der Waals surface area contributed by atoms with Crippen molar-refractivity contribution >= 4 is 29.7 Å². The molecule has 0 radical (unpaired) electrons. The highest BCUT2D eigenvalue weighted by atomic mass is 35.5. The van der Waals surface area contributed by atoms with Crippen LogP contribution in [0.2, 0.25) is 0 Å². The molecule has 0 unspecified atom stereocenters. The van der Waals surface area contributed by atoms with Crippen molar-refractivity contribution in [1.82, 2.24) is 4.90 Å². The van der Waals surface area contributed by atoms with E-state index in [1.807, 2.05) is 42.3 Å². The van der Waals surface area contributed by atoms with E-state index in [4.69, 9.17) is 5.73 Å². The summed E-state index contributed by atoms with van der Waals surface area (Å²) in [6, 6.07) is 14.5. The summed E-state index contributed by atoms with van der Waals surface area (Å²) in [7, 11) is 0. The molecule has 0 bridgehead atoms. The summed E-state index contributed by atoms with van der Waals surface area (Å²) in [4.78, 5) is 16.2. The quantitative estimate of drug-likeness (QED) is 0.900. The molecule has 1 aliphatic heterocycles. The lowest BCUT2D eigenvalue weighted by Crippen LogP contribution is -2.42. The third kappa shape index (κ3) is 3.51. The Balaban J connectivity index is 0.00000208. The molecule has 3 rings (SSSR count). The van der Waals surface area contributed by atoms with E-state index in [1.54, 1.807) is 11.3 Å². The van der Waals surface area contributed by atoms with Crippen molar-refractivity contribution in [2.45, 2.75) is 25.2 Å². The molecular weight excluding hydrogens is 340 g/mol. The van der Waals surface area contributed by atoms with Gasteiger partial charge in [-0.05, 0) is 43.3 Å². The molecule has 0 saturated carbocycles. The first-order valence-electron chi connectivity index (χ1n) is 8.12. The first kappa shape index (κ1) is 19.0. The minimum Gasteiger partial charge on any atom is -0.341 e. The van der Waals surface area contributed by atoms with Crippen molar-refractivity contribution in [3.8, 4) is 0 Å². The molecule has 2 atom stereocenters. The number of thiophene rings is 1. The number of nitrogens with two attached hydrogens (primary N) is 1. The lowest BCUT2D eigenvalue weighted by molar-refractivity contribution is -0.135. The fraction of sp³-hybridized carbons (Fsp3) is 0.421. The zero-order chi connectivity index (χ0) is 16.4. The third-order valence-electron chi connectivity index (χ3n) is 4.93. The van der Waals surface area contributed by atoms with E-state index in [0.717, 1.165) is 18.0 Å². The van der Waals surface area contributed by atoms with Gasteiger partial charge in [0.15, 0.2) is 0 Å². The topological polar surface area (TPSA) is 46.3 Å². The summed E-state index contributed by atoms with van der Waals surface area (Å²) < 4.78 is 0. The van der Waals surface area contributed by atoms with E-state index in [1.165, 1.54) is 5.56 Å². The molecule has 1 aromatic heterocycles. The van der Waals surface area contributed by atoms with Crippen molar-refractivity contribution in [3.05, 3.63) is 58.3 Å². The number of nitrogens with zero attached hydrogens (tertiary/aromatic N) is 1. The number of hydrogen-bond acceptors (Lipinski definition) is 3. The van der Waals surface area contributed by atoms with Crippen LogP contribution in [0.15, 0.2) is 47.8 Å². The lowest BCUT2D eigenvalue weighted by Gasteiger charge is -2.28. The molecule has 1 aliphatic rings. The van der Waals surface area contributed by atoms with Crippen LogP contribution in [0.4, 0.5) is 0 Å². The van der Waals surface area contributed by atoms with Crippen molar-refractivity contribution in [1.29, 1.82) is 0 Å². The number of carbonyl (C=O) groups is 1. The minimum absolute atomic E-state index is 0. The summed E-state index contributed by atoms with van der Waals surface area (Å²) in [5.41, 5.74) is 6.80. The van der Waals surface area contributed by atoms with Crippen LogP contribution in [0.5, 0.6) is 0 Å².